The third kappa shape index (κ3) is 6.29. The molecule has 2 aliphatic rings. The van der Waals surface area contributed by atoms with E-state index in [0.29, 0.717) is 13.1 Å². The second-order valence-electron chi connectivity index (χ2n) is 5.60. The summed E-state index contributed by atoms with van der Waals surface area (Å²) in [5, 5.41) is 14.8. The molecule has 0 unspecified atom stereocenters. The molecule has 1 saturated carbocycles. The number of carbonyl (C=O) groups is 2. The lowest BCUT2D eigenvalue weighted by atomic mass is 9.94. The molecule has 0 bridgehead atoms. The molecule has 2 rings (SSSR count). The maximum Gasteiger partial charge on any atom is 0.414 e. The van der Waals surface area contributed by atoms with E-state index in [1.807, 2.05) is 0 Å². The molecular weight excluding hydrogens is 312 g/mol. The SMILES string of the molecule is CS(=O)(=O)N1CCN(C2CCCCC2)CC1.O=C(O)C(=O)O. The van der Waals surface area contributed by atoms with Crippen molar-refractivity contribution in [3.8, 4) is 0 Å². The van der Waals surface area contributed by atoms with Gasteiger partial charge in [-0.05, 0) is 12.8 Å². The molecule has 8 nitrogen and oxygen atoms in total. The molecule has 1 saturated heterocycles. The largest absolute Gasteiger partial charge is 0.473 e. The molecule has 0 spiro atoms. The maximum atomic E-state index is 11.4. The molecule has 0 aromatic rings. The van der Waals surface area contributed by atoms with Gasteiger partial charge in [0.05, 0.1) is 6.26 Å². The van der Waals surface area contributed by atoms with Gasteiger partial charge in [0.2, 0.25) is 10.0 Å². The second-order valence-corrected chi connectivity index (χ2v) is 7.58. The predicted molar refractivity (Wildman–Crippen MR) is 80.1 cm³/mol. The van der Waals surface area contributed by atoms with E-state index in [1.165, 1.54) is 38.4 Å². The average molecular weight is 336 g/mol. The van der Waals surface area contributed by atoms with Gasteiger partial charge in [0.15, 0.2) is 0 Å². The maximum absolute atomic E-state index is 11.4. The summed E-state index contributed by atoms with van der Waals surface area (Å²) < 4.78 is 24.4. The van der Waals surface area contributed by atoms with E-state index in [9.17, 15) is 8.42 Å². The zero-order valence-electron chi connectivity index (χ0n) is 12.8. The summed E-state index contributed by atoms with van der Waals surface area (Å²) in [4.78, 5) is 20.7. The van der Waals surface area contributed by atoms with Crippen LogP contribution in [0, 0.1) is 0 Å². The van der Waals surface area contributed by atoms with E-state index in [1.54, 1.807) is 4.31 Å². The zero-order valence-corrected chi connectivity index (χ0v) is 13.6. The standard InChI is InChI=1S/C11H22N2O2S.C2H2O4/c1-16(14,15)13-9-7-12(8-10-13)11-5-3-2-4-6-11;3-1(4)2(5)6/h11H,2-10H2,1H3;(H,3,4)(H,5,6). The molecule has 0 amide bonds. The van der Waals surface area contributed by atoms with Crippen LogP contribution in [0.4, 0.5) is 0 Å². The summed E-state index contributed by atoms with van der Waals surface area (Å²) in [5.74, 6) is -3.65. The highest BCUT2D eigenvalue weighted by molar-refractivity contribution is 7.88. The Balaban J connectivity index is 0.000000346. The van der Waals surface area contributed by atoms with E-state index in [4.69, 9.17) is 19.8 Å². The Hall–Kier alpha value is -1.19. The third-order valence-corrected chi connectivity index (χ3v) is 5.32. The summed E-state index contributed by atoms with van der Waals surface area (Å²) in [5.41, 5.74) is 0. The Kier molecular flexibility index (Phi) is 7.24. The first-order chi connectivity index (χ1) is 10.2. The quantitative estimate of drug-likeness (QED) is 0.685. The number of carboxylic acids is 2. The lowest BCUT2D eigenvalue weighted by Crippen LogP contribution is -2.52. The topological polar surface area (TPSA) is 115 Å². The Morgan fingerprint density at radius 3 is 1.73 bits per heavy atom. The summed E-state index contributed by atoms with van der Waals surface area (Å²) in [6.45, 7) is 3.18. The highest BCUT2D eigenvalue weighted by Gasteiger charge is 2.28. The number of piperazine rings is 1. The molecule has 2 fully saturated rings. The van der Waals surface area contributed by atoms with E-state index in [0.717, 1.165) is 19.1 Å². The predicted octanol–water partition coefficient (Wildman–Crippen LogP) is 0.0519. The van der Waals surface area contributed by atoms with Crippen molar-refractivity contribution in [3.63, 3.8) is 0 Å². The summed E-state index contributed by atoms with van der Waals surface area (Å²) in [7, 11) is -2.97. The lowest BCUT2D eigenvalue weighted by Gasteiger charge is -2.39. The van der Waals surface area contributed by atoms with E-state index < -0.39 is 22.0 Å². The lowest BCUT2D eigenvalue weighted by molar-refractivity contribution is -0.159. The first kappa shape index (κ1) is 18.9. The van der Waals surface area contributed by atoms with Crippen molar-refractivity contribution in [3.05, 3.63) is 0 Å². The molecule has 0 aromatic heterocycles. The van der Waals surface area contributed by atoms with Crippen LogP contribution in [0.1, 0.15) is 32.1 Å². The van der Waals surface area contributed by atoms with Gasteiger partial charge in [-0.3, -0.25) is 4.90 Å². The number of rotatable bonds is 2. The molecule has 1 heterocycles. The summed E-state index contributed by atoms with van der Waals surface area (Å²) in [6.07, 6.45) is 7.98. The second kappa shape index (κ2) is 8.44. The van der Waals surface area contributed by atoms with Crippen LogP contribution >= 0.6 is 0 Å². The molecule has 9 heteroatoms. The van der Waals surface area contributed by atoms with E-state index in [2.05, 4.69) is 4.90 Å². The number of hydrogen-bond donors (Lipinski definition) is 2. The van der Waals surface area contributed by atoms with Crippen LogP contribution in [0.5, 0.6) is 0 Å². The minimum atomic E-state index is -2.97. The minimum Gasteiger partial charge on any atom is -0.473 e. The van der Waals surface area contributed by atoms with Crippen LogP contribution in [0.25, 0.3) is 0 Å². The summed E-state index contributed by atoms with van der Waals surface area (Å²) >= 11 is 0. The van der Waals surface area contributed by atoms with Gasteiger partial charge < -0.3 is 10.2 Å². The van der Waals surface area contributed by atoms with Gasteiger partial charge in [0.25, 0.3) is 0 Å². The Bertz CT molecular complexity index is 467. The van der Waals surface area contributed by atoms with Crippen LogP contribution in [-0.2, 0) is 19.6 Å². The Morgan fingerprint density at radius 2 is 1.36 bits per heavy atom. The van der Waals surface area contributed by atoms with Crippen LogP contribution in [-0.4, -0.2) is 78.3 Å². The first-order valence-electron chi connectivity index (χ1n) is 7.37. The van der Waals surface area contributed by atoms with Crippen molar-refractivity contribution in [2.75, 3.05) is 32.4 Å². The monoisotopic (exact) mass is 336 g/mol. The van der Waals surface area contributed by atoms with Crippen molar-refractivity contribution in [2.45, 2.75) is 38.1 Å². The van der Waals surface area contributed by atoms with Crippen LogP contribution in [0.3, 0.4) is 0 Å². The summed E-state index contributed by atoms with van der Waals surface area (Å²) in [6, 6.07) is 0.718. The average Bonchev–Trinajstić information content (AvgIpc) is 2.48. The fourth-order valence-corrected chi connectivity index (χ4v) is 3.67. The molecule has 0 radical (unpaired) electrons. The van der Waals surface area contributed by atoms with Crippen molar-refractivity contribution < 1.29 is 28.2 Å². The zero-order chi connectivity index (χ0) is 16.8. The van der Waals surface area contributed by atoms with Crippen molar-refractivity contribution in [1.29, 1.82) is 0 Å². The molecule has 0 aromatic carbocycles. The van der Waals surface area contributed by atoms with Gasteiger partial charge in [0.1, 0.15) is 0 Å². The van der Waals surface area contributed by atoms with Crippen molar-refractivity contribution >= 4 is 22.0 Å². The van der Waals surface area contributed by atoms with Crippen LogP contribution in [0.15, 0.2) is 0 Å². The number of nitrogens with zero attached hydrogens (tertiary/aromatic N) is 2. The minimum absolute atomic E-state index is 0.676. The number of carboxylic acid groups (broad SMARTS) is 2. The Morgan fingerprint density at radius 1 is 0.909 bits per heavy atom. The van der Waals surface area contributed by atoms with E-state index >= 15 is 0 Å². The fourth-order valence-electron chi connectivity index (χ4n) is 2.85. The van der Waals surface area contributed by atoms with Crippen LogP contribution in [0.2, 0.25) is 0 Å². The van der Waals surface area contributed by atoms with Crippen LogP contribution < -0.4 is 0 Å². The number of aliphatic carboxylic acids is 2. The van der Waals surface area contributed by atoms with Crippen molar-refractivity contribution in [1.82, 2.24) is 9.21 Å². The highest BCUT2D eigenvalue weighted by atomic mass is 32.2. The molecule has 2 N–H and O–H groups in total. The van der Waals surface area contributed by atoms with Gasteiger partial charge >= 0.3 is 11.9 Å². The van der Waals surface area contributed by atoms with Gasteiger partial charge in [-0.2, -0.15) is 4.31 Å². The smallest absolute Gasteiger partial charge is 0.414 e. The highest BCUT2D eigenvalue weighted by Crippen LogP contribution is 2.23. The molecular formula is C13H24N2O6S. The Labute approximate surface area is 130 Å². The molecule has 1 aliphatic heterocycles. The molecule has 1 aliphatic carbocycles. The molecule has 128 valence electrons. The number of hydrogen-bond acceptors (Lipinski definition) is 5. The number of sulfonamides is 1. The third-order valence-electron chi connectivity index (χ3n) is 4.02. The normalized spacial score (nSPS) is 21.7. The van der Waals surface area contributed by atoms with E-state index in [-0.39, 0.29) is 0 Å². The van der Waals surface area contributed by atoms with Crippen molar-refractivity contribution in [2.24, 2.45) is 0 Å². The first-order valence-corrected chi connectivity index (χ1v) is 9.22. The van der Waals surface area contributed by atoms with Gasteiger partial charge in [-0.25, -0.2) is 18.0 Å². The fraction of sp³-hybridized carbons (Fsp3) is 0.846. The van der Waals surface area contributed by atoms with Gasteiger partial charge in [0, 0.05) is 32.2 Å². The van der Waals surface area contributed by atoms with Gasteiger partial charge in [-0.15, -0.1) is 0 Å². The van der Waals surface area contributed by atoms with Gasteiger partial charge in [-0.1, -0.05) is 19.3 Å². The molecule has 22 heavy (non-hydrogen) atoms. The molecule has 0 atom stereocenters.